The number of carbonyl (C=O) groups excluding carboxylic acids is 1. The van der Waals surface area contributed by atoms with E-state index in [0.717, 1.165) is 5.92 Å². The third-order valence-corrected chi connectivity index (χ3v) is 8.30. The van der Waals surface area contributed by atoms with Gasteiger partial charge in [-0.05, 0) is 61.2 Å². The number of fused-ring (bicyclic) bond motifs is 3. The minimum atomic E-state index is -0.0646. The third-order valence-electron chi connectivity index (χ3n) is 8.30. The van der Waals surface area contributed by atoms with Gasteiger partial charge in [-0.1, -0.05) is 59.0 Å². The average Bonchev–Trinajstić information content (AvgIpc) is 2.60. The molecule has 0 spiro atoms. The molecule has 3 aliphatic rings. The predicted molar refractivity (Wildman–Crippen MR) is 109 cm³/mol. The van der Waals surface area contributed by atoms with Gasteiger partial charge in [0.25, 0.3) is 5.97 Å². The van der Waals surface area contributed by atoms with E-state index in [1.807, 2.05) is 14.1 Å². The molecule has 2 unspecified atom stereocenters. The first kappa shape index (κ1) is 20.0. The van der Waals surface area contributed by atoms with E-state index in [1.165, 1.54) is 51.4 Å². The minimum Gasteiger partial charge on any atom is -0.466 e. The van der Waals surface area contributed by atoms with E-state index in [1.54, 1.807) is 5.57 Å². The van der Waals surface area contributed by atoms with E-state index in [4.69, 9.17) is 4.74 Å². The van der Waals surface area contributed by atoms with Crippen molar-refractivity contribution < 1.29 is 9.53 Å². The molecule has 2 nitrogen and oxygen atoms in total. The molecule has 0 heterocycles. The number of carbonyl (C=O) groups is 1. The second kappa shape index (κ2) is 7.36. The molecular weight excluding hydrogens is 319 g/mol. The lowest BCUT2D eigenvalue weighted by Crippen LogP contribution is -2.51. The average molecular weight is 357 g/mol. The number of allylic oxidation sites excluding steroid dienone is 2. The normalized spacial score (nSPS) is 42.3. The molecule has 0 saturated heterocycles. The third kappa shape index (κ3) is 3.52. The van der Waals surface area contributed by atoms with Crippen LogP contribution in [-0.2, 0) is 9.53 Å². The van der Waals surface area contributed by atoms with Crippen molar-refractivity contribution in [2.24, 2.45) is 28.1 Å². The molecule has 2 saturated carbocycles. The summed E-state index contributed by atoms with van der Waals surface area (Å²) < 4.78 is 5.72. The van der Waals surface area contributed by atoms with Crippen molar-refractivity contribution in [2.75, 3.05) is 6.61 Å². The molecule has 0 amide bonds. The standard InChI is InChI=1S/C23H38BO2/c1-6-21(2)13-10-18-17(14-21)8-9-19-22(3,11-7-12-23(18,19)4)16-26-20(25)15-24-5/h10,17,19H,6-9,11-16H2,1-5H3/t17?,19?,21-,22-,23-/m0/s1. The quantitative estimate of drug-likeness (QED) is 0.340. The summed E-state index contributed by atoms with van der Waals surface area (Å²) >= 11 is 0. The van der Waals surface area contributed by atoms with Crippen molar-refractivity contribution in [1.82, 2.24) is 0 Å². The van der Waals surface area contributed by atoms with Crippen LogP contribution in [0.5, 0.6) is 0 Å². The highest BCUT2D eigenvalue weighted by atomic mass is 16.5. The maximum atomic E-state index is 11.9. The van der Waals surface area contributed by atoms with Crippen molar-refractivity contribution in [3.8, 4) is 0 Å². The lowest BCUT2D eigenvalue weighted by atomic mass is 9.46. The fraction of sp³-hybridized carbons (Fsp3) is 0.870. The van der Waals surface area contributed by atoms with Crippen LogP contribution >= 0.6 is 0 Å². The van der Waals surface area contributed by atoms with Crippen LogP contribution in [0.15, 0.2) is 11.6 Å². The van der Waals surface area contributed by atoms with E-state index in [9.17, 15) is 4.79 Å². The maximum absolute atomic E-state index is 11.9. The van der Waals surface area contributed by atoms with Crippen molar-refractivity contribution in [1.29, 1.82) is 0 Å². The fourth-order valence-electron chi connectivity index (χ4n) is 6.56. The highest BCUT2D eigenvalue weighted by Gasteiger charge is 2.55. The van der Waals surface area contributed by atoms with Crippen LogP contribution in [0.2, 0.25) is 13.1 Å². The SMILES string of the molecule is C[B]CC(=O)OC[C@]1(C)CCC[C@@]2(C)C3=CC[C@](C)(CC)CC3CCC12. The first-order valence-corrected chi connectivity index (χ1v) is 10.9. The molecule has 0 aliphatic heterocycles. The van der Waals surface area contributed by atoms with Gasteiger partial charge in [0.15, 0.2) is 0 Å². The largest absolute Gasteiger partial charge is 0.466 e. The zero-order valence-corrected chi connectivity index (χ0v) is 17.7. The number of rotatable bonds is 5. The molecule has 5 atom stereocenters. The van der Waals surface area contributed by atoms with Gasteiger partial charge in [0.1, 0.15) is 7.28 Å². The Hall–Kier alpha value is -0.725. The van der Waals surface area contributed by atoms with E-state index < -0.39 is 0 Å². The molecule has 2 fully saturated rings. The van der Waals surface area contributed by atoms with Crippen LogP contribution in [0.4, 0.5) is 0 Å². The van der Waals surface area contributed by atoms with Crippen molar-refractivity contribution in [3.05, 3.63) is 11.6 Å². The van der Waals surface area contributed by atoms with E-state index in [-0.39, 0.29) is 11.4 Å². The molecular formula is C23H38BO2. The predicted octanol–water partition coefficient (Wildman–Crippen LogP) is 6.06. The van der Waals surface area contributed by atoms with Gasteiger partial charge in [-0.2, -0.15) is 0 Å². The van der Waals surface area contributed by atoms with Gasteiger partial charge in [0, 0.05) is 11.7 Å². The molecule has 0 aromatic rings. The Balaban J connectivity index is 1.80. The molecule has 3 heteroatoms. The summed E-state index contributed by atoms with van der Waals surface area (Å²) in [5.74, 6) is 1.37. The number of esters is 1. The molecule has 0 aromatic heterocycles. The summed E-state index contributed by atoms with van der Waals surface area (Å²) in [6.07, 6.45) is 13.4. The zero-order valence-electron chi connectivity index (χ0n) is 17.7. The van der Waals surface area contributed by atoms with E-state index in [0.29, 0.717) is 29.7 Å². The molecule has 1 radical (unpaired) electrons. The Kier molecular flexibility index (Phi) is 5.67. The monoisotopic (exact) mass is 357 g/mol. The Morgan fingerprint density at radius 1 is 1.27 bits per heavy atom. The maximum Gasteiger partial charge on any atom is 0.297 e. The minimum absolute atomic E-state index is 0.0646. The van der Waals surface area contributed by atoms with Crippen molar-refractivity contribution in [3.63, 3.8) is 0 Å². The van der Waals surface area contributed by atoms with Crippen LogP contribution in [0.1, 0.15) is 79.1 Å². The van der Waals surface area contributed by atoms with E-state index in [2.05, 4.69) is 33.8 Å². The van der Waals surface area contributed by atoms with Crippen molar-refractivity contribution in [2.45, 2.75) is 92.2 Å². The summed E-state index contributed by atoms with van der Waals surface area (Å²) in [6, 6.07) is 0. The smallest absolute Gasteiger partial charge is 0.297 e. The fourth-order valence-corrected chi connectivity index (χ4v) is 6.56. The first-order chi connectivity index (χ1) is 12.3. The lowest BCUT2D eigenvalue weighted by molar-refractivity contribution is -0.150. The summed E-state index contributed by atoms with van der Waals surface area (Å²) in [5, 5.41) is 0. The van der Waals surface area contributed by atoms with Crippen LogP contribution in [0, 0.1) is 28.1 Å². The lowest BCUT2D eigenvalue weighted by Gasteiger charge is -2.59. The molecule has 26 heavy (non-hydrogen) atoms. The molecule has 3 aliphatic carbocycles. The molecule has 0 N–H and O–H groups in total. The Morgan fingerprint density at radius 3 is 2.73 bits per heavy atom. The molecule has 3 rings (SSSR count). The van der Waals surface area contributed by atoms with Gasteiger partial charge < -0.3 is 4.74 Å². The van der Waals surface area contributed by atoms with Crippen LogP contribution in [0.25, 0.3) is 0 Å². The van der Waals surface area contributed by atoms with Gasteiger partial charge in [0.2, 0.25) is 0 Å². The summed E-state index contributed by atoms with van der Waals surface area (Å²) in [5.41, 5.74) is 2.71. The van der Waals surface area contributed by atoms with Gasteiger partial charge >= 0.3 is 0 Å². The number of ether oxygens (including phenoxy) is 1. The van der Waals surface area contributed by atoms with Gasteiger partial charge in [-0.3, -0.25) is 4.79 Å². The Morgan fingerprint density at radius 2 is 2.04 bits per heavy atom. The van der Waals surface area contributed by atoms with Gasteiger partial charge in [0.05, 0.1) is 6.61 Å². The molecule has 0 aromatic carbocycles. The van der Waals surface area contributed by atoms with Crippen LogP contribution in [-0.4, -0.2) is 19.9 Å². The zero-order chi connectivity index (χ0) is 19.0. The summed E-state index contributed by atoms with van der Waals surface area (Å²) in [6.45, 7) is 12.3. The second-order valence-electron chi connectivity index (χ2n) is 10.3. The Labute approximate surface area is 161 Å². The number of hydrogen-bond donors (Lipinski definition) is 0. The van der Waals surface area contributed by atoms with Crippen LogP contribution < -0.4 is 0 Å². The Bertz CT molecular complexity index is 571. The molecule has 145 valence electrons. The highest BCUT2D eigenvalue weighted by molar-refractivity contribution is 6.39. The van der Waals surface area contributed by atoms with Crippen LogP contribution in [0.3, 0.4) is 0 Å². The first-order valence-electron chi connectivity index (χ1n) is 10.9. The summed E-state index contributed by atoms with van der Waals surface area (Å²) in [7, 11) is 1.89. The van der Waals surface area contributed by atoms with Crippen molar-refractivity contribution >= 4 is 13.2 Å². The van der Waals surface area contributed by atoms with Gasteiger partial charge in [-0.25, -0.2) is 0 Å². The number of hydrogen-bond acceptors (Lipinski definition) is 2. The topological polar surface area (TPSA) is 26.3 Å². The van der Waals surface area contributed by atoms with E-state index >= 15 is 0 Å². The second-order valence-corrected chi connectivity index (χ2v) is 10.3. The summed E-state index contributed by atoms with van der Waals surface area (Å²) in [4.78, 5) is 11.9. The molecule has 0 bridgehead atoms. The highest BCUT2D eigenvalue weighted by Crippen LogP contribution is 2.63. The van der Waals surface area contributed by atoms with Gasteiger partial charge in [-0.15, -0.1) is 0 Å².